The summed E-state index contributed by atoms with van der Waals surface area (Å²) in [5.74, 6) is 0.738. The third-order valence-electron chi connectivity index (χ3n) is 4.23. The van der Waals surface area contributed by atoms with E-state index in [1.54, 1.807) is 19.3 Å². The van der Waals surface area contributed by atoms with E-state index in [0.717, 1.165) is 45.8 Å². The predicted octanol–water partition coefficient (Wildman–Crippen LogP) is 4.21. The molecule has 25 heavy (non-hydrogen) atoms. The molecule has 0 spiro atoms. The number of aliphatic hydroxyl groups is 1. The molecule has 1 atom stereocenters. The summed E-state index contributed by atoms with van der Waals surface area (Å²) in [6.07, 6.45) is 5.12. The van der Waals surface area contributed by atoms with Gasteiger partial charge in [0.1, 0.15) is 5.82 Å². The van der Waals surface area contributed by atoms with E-state index in [1.807, 2.05) is 19.9 Å². The van der Waals surface area contributed by atoms with Crippen LogP contribution in [0.15, 0.2) is 24.7 Å². The lowest BCUT2D eigenvalue weighted by molar-refractivity contribution is 0.200. The Hall–Kier alpha value is -2.27. The molecule has 0 radical (unpaired) electrons. The smallest absolute Gasteiger partial charge is 0.125 e. The molecular weight excluding hydrogens is 312 g/mol. The molecule has 3 rings (SSSR count). The lowest BCUT2D eigenvalue weighted by atomic mass is 9.97. The van der Waals surface area contributed by atoms with Crippen molar-refractivity contribution < 1.29 is 5.11 Å². The van der Waals surface area contributed by atoms with Crippen LogP contribution in [0.2, 0.25) is 0 Å². The Morgan fingerprint density at radius 1 is 1.16 bits per heavy atom. The molecule has 0 saturated heterocycles. The van der Waals surface area contributed by atoms with Gasteiger partial charge in [-0.25, -0.2) is 9.97 Å². The average Bonchev–Trinajstić information content (AvgIpc) is 2.85. The Kier molecular flexibility index (Phi) is 4.37. The van der Waals surface area contributed by atoms with E-state index in [4.69, 9.17) is 4.98 Å². The van der Waals surface area contributed by atoms with Gasteiger partial charge in [0.25, 0.3) is 0 Å². The number of aliphatic hydroxyl groups excluding tert-OH is 1. The van der Waals surface area contributed by atoms with Crippen molar-refractivity contribution >= 4 is 10.9 Å². The maximum absolute atomic E-state index is 10.3. The van der Waals surface area contributed by atoms with Crippen molar-refractivity contribution in [3.05, 3.63) is 41.7 Å². The number of aryl methyl sites for hydroxylation is 2. The van der Waals surface area contributed by atoms with Crippen LogP contribution in [0.3, 0.4) is 0 Å². The minimum absolute atomic E-state index is 0.137. The molecule has 0 fully saturated rings. The first kappa shape index (κ1) is 17.5. The van der Waals surface area contributed by atoms with Gasteiger partial charge in [0.2, 0.25) is 0 Å². The van der Waals surface area contributed by atoms with Gasteiger partial charge in [0.15, 0.2) is 0 Å². The zero-order valence-electron chi connectivity index (χ0n) is 15.8. The number of aromatic nitrogens is 4. The second-order valence-electron chi connectivity index (χ2n) is 7.96. The molecule has 1 unspecified atom stereocenters. The number of nitrogens with zero attached hydrogens (tertiary/aromatic N) is 4. The van der Waals surface area contributed by atoms with Crippen molar-refractivity contribution in [3.63, 3.8) is 0 Å². The molecule has 0 aliphatic rings. The lowest BCUT2D eigenvalue weighted by Crippen LogP contribution is -2.15. The Balaban J connectivity index is 2.22. The van der Waals surface area contributed by atoms with Crippen LogP contribution in [0, 0.1) is 19.3 Å². The Morgan fingerprint density at radius 2 is 1.80 bits per heavy atom. The fourth-order valence-electron chi connectivity index (χ4n) is 3.19. The molecule has 0 amide bonds. The van der Waals surface area contributed by atoms with E-state index < -0.39 is 6.10 Å². The van der Waals surface area contributed by atoms with Crippen molar-refractivity contribution in [2.45, 2.75) is 54.2 Å². The minimum Gasteiger partial charge on any atom is -0.389 e. The zero-order valence-corrected chi connectivity index (χ0v) is 15.8. The molecule has 0 saturated carbocycles. The van der Waals surface area contributed by atoms with Crippen LogP contribution in [-0.2, 0) is 6.54 Å². The summed E-state index contributed by atoms with van der Waals surface area (Å²) in [7, 11) is 0. The van der Waals surface area contributed by atoms with Gasteiger partial charge in [-0.05, 0) is 32.3 Å². The van der Waals surface area contributed by atoms with Crippen molar-refractivity contribution in [1.29, 1.82) is 0 Å². The van der Waals surface area contributed by atoms with Gasteiger partial charge >= 0.3 is 0 Å². The third-order valence-corrected chi connectivity index (χ3v) is 4.23. The number of hydrogen-bond acceptors (Lipinski definition) is 4. The van der Waals surface area contributed by atoms with Gasteiger partial charge in [0.05, 0.1) is 23.0 Å². The maximum atomic E-state index is 10.3. The Labute approximate surface area is 148 Å². The highest BCUT2D eigenvalue weighted by molar-refractivity contribution is 5.89. The molecule has 5 heteroatoms. The fourth-order valence-corrected chi connectivity index (χ4v) is 3.19. The Morgan fingerprint density at radius 3 is 2.36 bits per heavy atom. The maximum Gasteiger partial charge on any atom is 0.125 e. The molecule has 0 aliphatic heterocycles. The quantitative estimate of drug-likeness (QED) is 0.777. The molecule has 0 bridgehead atoms. The number of fused-ring (bicyclic) bond motifs is 1. The summed E-state index contributed by atoms with van der Waals surface area (Å²) in [4.78, 5) is 13.3. The monoisotopic (exact) mass is 338 g/mol. The highest BCUT2D eigenvalue weighted by Gasteiger charge is 2.20. The van der Waals surface area contributed by atoms with Gasteiger partial charge in [-0.1, -0.05) is 20.8 Å². The van der Waals surface area contributed by atoms with E-state index in [9.17, 15) is 5.11 Å². The van der Waals surface area contributed by atoms with Gasteiger partial charge in [-0.15, -0.1) is 0 Å². The molecule has 132 valence electrons. The summed E-state index contributed by atoms with van der Waals surface area (Å²) < 4.78 is 2.22. The van der Waals surface area contributed by atoms with E-state index >= 15 is 0 Å². The van der Waals surface area contributed by atoms with Crippen LogP contribution in [0.1, 0.15) is 50.9 Å². The fraction of sp³-hybridized carbons (Fsp3) is 0.450. The van der Waals surface area contributed by atoms with Gasteiger partial charge < -0.3 is 9.67 Å². The molecule has 0 aliphatic carbocycles. The van der Waals surface area contributed by atoms with Crippen LogP contribution < -0.4 is 0 Å². The Bertz CT molecular complexity index is 902. The van der Waals surface area contributed by atoms with E-state index in [1.165, 1.54) is 0 Å². The van der Waals surface area contributed by atoms with E-state index in [-0.39, 0.29) is 5.41 Å². The van der Waals surface area contributed by atoms with E-state index in [2.05, 4.69) is 41.5 Å². The van der Waals surface area contributed by atoms with Crippen molar-refractivity contribution in [2.24, 2.45) is 5.41 Å². The molecule has 3 aromatic heterocycles. The van der Waals surface area contributed by atoms with Crippen LogP contribution in [0.25, 0.3) is 22.2 Å². The number of hydrogen-bond donors (Lipinski definition) is 1. The average molecular weight is 338 g/mol. The van der Waals surface area contributed by atoms with Crippen molar-refractivity contribution in [2.75, 3.05) is 0 Å². The van der Waals surface area contributed by atoms with Gasteiger partial charge in [-0.3, -0.25) is 4.98 Å². The standard InChI is InChI=1S/C20H26N4O/c1-12-19-16(7-18(23-12)15-8-21-14(3)22-9-15)17(13(2)25)10-24(19)11-20(4,5)6/h7-10,13,25H,11H2,1-6H3. The van der Waals surface area contributed by atoms with Crippen molar-refractivity contribution in [1.82, 2.24) is 19.5 Å². The normalized spacial score (nSPS) is 13.4. The summed E-state index contributed by atoms with van der Waals surface area (Å²) in [6, 6.07) is 2.04. The topological polar surface area (TPSA) is 63.8 Å². The predicted molar refractivity (Wildman–Crippen MR) is 100 cm³/mol. The third kappa shape index (κ3) is 3.56. The minimum atomic E-state index is -0.535. The van der Waals surface area contributed by atoms with E-state index in [0.29, 0.717) is 0 Å². The highest BCUT2D eigenvalue weighted by atomic mass is 16.3. The van der Waals surface area contributed by atoms with Crippen LogP contribution >= 0.6 is 0 Å². The molecule has 1 N–H and O–H groups in total. The molecular formula is C20H26N4O. The summed E-state index contributed by atoms with van der Waals surface area (Å²) >= 11 is 0. The van der Waals surface area contributed by atoms with Gasteiger partial charge in [-0.2, -0.15) is 0 Å². The zero-order chi connectivity index (χ0) is 18.4. The highest BCUT2D eigenvalue weighted by Crippen LogP contribution is 2.33. The first-order chi connectivity index (χ1) is 11.7. The molecule has 5 nitrogen and oxygen atoms in total. The van der Waals surface area contributed by atoms with Crippen LogP contribution in [-0.4, -0.2) is 24.6 Å². The second-order valence-corrected chi connectivity index (χ2v) is 7.96. The largest absolute Gasteiger partial charge is 0.389 e. The molecule has 3 heterocycles. The number of pyridine rings is 1. The van der Waals surface area contributed by atoms with Crippen LogP contribution in [0.4, 0.5) is 0 Å². The molecule has 3 aromatic rings. The van der Waals surface area contributed by atoms with Crippen LogP contribution in [0.5, 0.6) is 0 Å². The SMILES string of the molecule is Cc1ncc(-c2cc3c(C(C)O)cn(CC(C)(C)C)c3c(C)n2)cn1. The first-order valence-corrected chi connectivity index (χ1v) is 8.63. The summed E-state index contributed by atoms with van der Waals surface area (Å²) in [6.45, 7) is 13.2. The summed E-state index contributed by atoms with van der Waals surface area (Å²) in [5, 5.41) is 11.3. The summed E-state index contributed by atoms with van der Waals surface area (Å²) in [5.41, 5.74) is 4.82. The lowest BCUT2D eigenvalue weighted by Gasteiger charge is -2.20. The van der Waals surface area contributed by atoms with Gasteiger partial charge in [0, 0.05) is 41.6 Å². The second kappa shape index (κ2) is 6.23. The first-order valence-electron chi connectivity index (χ1n) is 8.63. The van der Waals surface area contributed by atoms with Crippen molar-refractivity contribution in [3.8, 4) is 11.3 Å². The number of rotatable bonds is 3. The molecule has 0 aromatic carbocycles.